The van der Waals surface area contributed by atoms with Crippen LogP contribution in [0.5, 0.6) is 0 Å². The number of hydrogen-bond donors (Lipinski definition) is 1. The van der Waals surface area contributed by atoms with Crippen molar-refractivity contribution in [2.45, 2.75) is 6.92 Å². The summed E-state index contributed by atoms with van der Waals surface area (Å²) in [6.07, 6.45) is 10.6. The molecule has 2 rings (SSSR count). The average Bonchev–Trinajstić information content (AvgIpc) is 2.29. The van der Waals surface area contributed by atoms with E-state index < -0.39 is 0 Å². The highest BCUT2D eigenvalue weighted by Gasteiger charge is 2.25. The van der Waals surface area contributed by atoms with Crippen LogP contribution in [0.15, 0.2) is 35.5 Å². The smallest absolute Gasteiger partial charge is 0.0366 e. The molecule has 1 aliphatic carbocycles. The Morgan fingerprint density at radius 2 is 2.31 bits per heavy atom. The van der Waals surface area contributed by atoms with Gasteiger partial charge in [0.15, 0.2) is 0 Å². The Kier molecular flexibility index (Phi) is 2.45. The Balaban J connectivity index is 2.25. The lowest BCUT2D eigenvalue weighted by Gasteiger charge is -2.25. The van der Waals surface area contributed by atoms with Crippen molar-refractivity contribution in [1.82, 2.24) is 5.32 Å². The average molecular weight is 196 g/mol. The van der Waals surface area contributed by atoms with Gasteiger partial charge in [-0.3, -0.25) is 0 Å². The Morgan fingerprint density at radius 3 is 3.15 bits per heavy atom. The molecule has 0 amide bonds. The van der Waals surface area contributed by atoms with Gasteiger partial charge in [-0.2, -0.15) is 0 Å². The lowest BCUT2D eigenvalue weighted by atomic mass is 9.80. The molecule has 70 valence electrons. The molecule has 1 aliphatic heterocycles. The molecule has 0 aromatic carbocycles. The van der Waals surface area contributed by atoms with E-state index in [0.29, 0.717) is 17.8 Å². The zero-order valence-electron chi connectivity index (χ0n) is 7.70. The highest BCUT2D eigenvalue weighted by atomic mass is 35.5. The number of hydrogen-bond acceptors (Lipinski definition) is 1. The number of nitrogens with one attached hydrogen (secondary N) is 1. The minimum Gasteiger partial charge on any atom is -0.391 e. The molecular weight excluding hydrogens is 182 g/mol. The van der Waals surface area contributed by atoms with Crippen LogP contribution in [0.2, 0.25) is 0 Å². The Labute approximate surface area is 84.2 Å². The zero-order valence-corrected chi connectivity index (χ0v) is 8.46. The van der Waals surface area contributed by atoms with E-state index in [9.17, 15) is 0 Å². The summed E-state index contributed by atoms with van der Waals surface area (Å²) < 4.78 is 0. The molecule has 2 unspecified atom stereocenters. The van der Waals surface area contributed by atoms with Crippen LogP contribution in [-0.2, 0) is 0 Å². The molecular formula is C11H14ClN. The Morgan fingerprint density at radius 1 is 1.46 bits per heavy atom. The van der Waals surface area contributed by atoms with E-state index in [2.05, 4.69) is 36.7 Å². The van der Waals surface area contributed by atoms with Crippen LogP contribution in [0.1, 0.15) is 6.92 Å². The maximum atomic E-state index is 5.98. The standard InChI is InChI=1S/C11H14ClN/c1-8-7-13-5-4-9-2-3-10(12)6-11(8)9/h2-6,8-9,11,13H,7H2,1H3/t8-,9?,11?/m0/s1. The zero-order chi connectivity index (χ0) is 9.26. The molecule has 0 aromatic rings. The molecule has 0 spiro atoms. The van der Waals surface area contributed by atoms with Crippen molar-refractivity contribution in [1.29, 1.82) is 0 Å². The van der Waals surface area contributed by atoms with Gasteiger partial charge in [0.05, 0.1) is 0 Å². The summed E-state index contributed by atoms with van der Waals surface area (Å²) in [4.78, 5) is 0. The van der Waals surface area contributed by atoms with Gasteiger partial charge in [-0.25, -0.2) is 0 Å². The van der Waals surface area contributed by atoms with Crippen molar-refractivity contribution < 1.29 is 0 Å². The molecule has 0 saturated carbocycles. The van der Waals surface area contributed by atoms with E-state index >= 15 is 0 Å². The van der Waals surface area contributed by atoms with Crippen molar-refractivity contribution in [3.63, 3.8) is 0 Å². The molecule has 2 aliphatic rings. The summed E-state index contributed by atoms with van der Waals surface area (Å²) in [5, 5.41) is 4.16. The van der Waals surface area contributed by atoms with E-state index in [-0.39, 0.29) is 0 Å². The van der Waals surface area contributed by atoms with Gasteiger partial charge in [0.25, 0.3) is 0 Å². The van der Waals surface area contributed by atoms with Gasteiger partial charge >= 0.3 is 0 Å². The number of fused-ring (bicyclic) bond motifs is 1. The first-order valence-electron chi connectivity index (χ1n) is 4.73. The van der Waals surface area contributed by atoms with E-state index in [4.69, 9.17) is 11.6 Å². The van der Waals surface area contributed by atoms with Crippen molar-refractivity contribution >= 4 is 11.6 Å². The van der Waals surface area contributed by atoms with Crippen molar-refractivity contribution in [2.24, 2.45) is 17.8 Å². The fourth-order valence-corrected chi connectivity index (χ4v) is 2.21. The molecule has 3 atom stereocenters. The van der Waals surface area contributed by atoms with E-state index in [1.165, 1.54) is 0 Å². The van der Waals surface area contributed by atoms with Crippen LogP contribution in [0.4, 0.5) is 0 Å². The largest absolute Gasteiger partial charge is 0.391 e. The first kappa shape index (κ1) is 8.89. The fraction of sp³-hybridized carbons (Fsp3) is 0.455. The molecule has 0 aromatic heterocycles. The molecule has 0 saturated heterocycles. The monoisotopic (exact) mass is 195 g/mol. The van der Waals surface area contributed by atoms with Crippen LogP contribution in [0, 0.1) is 17.8 Å². The maximum Gasteiger partial charge on any atom is 0.0366 e. The predicted octanol–water partition coefficient (Wildman–Crippen LogP) is 2.66. The van der Waals surface area contributed by atoms with Crippen LogP contribution in [-0.4, -0.2) is 6.54 Å². The van der Waals surface area contributed by atoms with Gasteiger partial charge in [-0.1, -0.05) is 36.8 Å². The van der Waals surface area contributed by atoms with E-state index in [1.807, 2.05) is 6.08 Å². The summed E-state index contributed by atoms with van der Waals surface area (Å²) in [6, 6.07) is 0. The van der Waals surface area contributed by atoms with Gasteiger partial charge in [-0.05, 0) is 24.1 Å². The van der Waals surface area contributed by atoms with Gasteiger partial charge in [0.1, 0.15) is 0 Å². The topological polar surface area (TPSA) is 12.0 Å². The Hall–Kier alpha value is -0.690. The first-order valence-corrected chi connectivity index (χ1v) is 5.11. The molecule has 1 heterocycles. The van der Waals surface area contributed by atoms with Crippen LogP contribution in [0.25, 0.3) is 0 Å². The minimum atomic E-state index is 0.521. The van der Waals surface area contributed by atoms with Crippen LogP contribution < -0.4 is 5.32 Å². The quantitative estimate of drug-likeness (QED) is 0.627. The lowest BCUT2D eigenvalue weighted by Crippen LogP contribution is -2.23. The highest BCUT2D eigenvalue weighted by molar-refractivity contribution is 6.31. The molecule has 1 nitrogen and oxygen atoms in total. The molecule has 0 bridgehead atoms. The third kappa shape index (κ3) is 1.80. The summed E-state index contributed by atoms with van der Waals surface area (Å²) in [5.74, 6) is 1.72. The summed E-state index contributed by atoms with van der Waals surface area (Å²) in [5.41, 5.74) is 0. The highest BCUT2D eigenvalue weighted by Crippen LogP contribution is 2.32. The molecule has 2 heteroatoms. The molecule has 1 N–H and O–H groups in total. The normalized spacial score (nSPS) is 37.4. The second-order valence-corrected chi connectivity index (χ2v) is 4.25. The summed E-state index contributed by atoms with van der Waals surface area (Å²) in [6.45, 7) is 3.30. The SMILES string of the molecule is C[C@H]1CNC=CC2C=CC(Cl)=CC21. The van der Waals surface area contributed by atoms with E-state index in [0.717, 1.165) is 11.6 Å². The van der Waals surface area contributed by atoms with E-state index in [1.54, 1.807) is 0 Å². The van der Waals surface area contributed by atoms with Crippen LogP contribution in [0.3, 0.4) is 0 Å². The number of allylic oxidation sites excluding steroid dienone is 5. The second-order valence-electron chi connectivity index (χ2n) is 3.81. The van der Waals surface area contributed by atoms with Gasteiger partial charge < -0.3 is 5.32 Å². The second kappa shape index (κ2) is 3.59. The number of rotatable bonds is 0. The summed E-state index contributed by atoms with van der Waals surface area (Å²) in [7, 11) is 0. The van der Waals surface area contributed by atoms with Gasteiger partial charge in [0.2, 0.25) is 0 Å². The van der Waals surface area contributed by atoms with Crippen LogP contribution >= 0.6 is 11.6 Å². The number of halogens is 1. The van der Waals surface area contributed by atoms with Gasteiger partial charge in [0, 0.05) is 17.5 Å². The fourth-order valence-electron chi connectivity index (χ4n) is 1.99. The third-order valence-electron chi connectivity index (χ3n) is 2.81. The predicted molar refractivity (Wildman–Crippen MR) is 56.4 cm³/mol. The molecule has 0 fully saturated rings. The van der Waals surface area contributed by atoms with Gasteiger partial charge in [-0.15, -0.1) is 0 Å². The van der Waals surface area contributed by atoms with Crippen molar-refractivity contribution in [2.75, 3.05) is 6.54 Å². The molecule has 13 heavy (non-hydrogen) atoms. The third-order valence-corrected chi connectivity index (χ3v) is 3.06. The first-order chi connectivity index (χ1) is 6.27. The lowest BCUT2D eigenvalue weighted by molar-refractivity contribution is 0.383. The summed E-state index contributed by atoms with van der Waals surface area (Å²) >= 11 is 5.98. The van der Waals surface area contributed by atoms with Crippen molar-refractivity contribution in [3.05, 3.63) is 35.5 Å². The minimum absolute atomic E-state index is 0.521. The Bertz CT molecular complexity index is 278. The van der Waals surface area contributed by atoms with Crippen molar-refractivity contribution in [3.8, 4) is 0 Å². The molecule has 0 radical (unpaired) electrons. The maximum absolute atomic E-state index is 5.98.